The topological polar surface area (TPSA) is 153 Å². The lowest BCUT2D eigenvalue weighted by atomic mass is 9.99. The number of furan rings is 2. The van der Waals surface area contributed by atoms with E-state index in [1.54, 1.807) is 37.3 Å². The summed E-state index contributed by atoms with van der Waals surface area (Å²) in [6, 6.07) is 13.9. The van der Waals surface area contributed by atoms with Crippen LogP contribution in [0.1, 0.15) is 28.1 Å². The number of amides is 1. The molecule has 1 aliphatic heterocycles. The maximum Gasteiger partial charge on any atom is 0.294 e. The average molecular weight is 509 g/mol. The van der Waals surface area contributed by atoms with E-state index >= 15 is 0 Å². The van der Waals surface area contributed by atoms with Crippen LogP contribution in [0.4, 0.5) is 5.69 Å². The Morgan fingerprint density at radius 1 is 1.08 bits per heavy atom. The lowest BCUT2D eigenvalue weighted by Gasteiger charge is -2.25. The number of aryl methyl sites for hydroxylation is 1. The van der Waals surface area contributed by atoms with E-state index in [0.29, 0.717) is 22.5 Å². The Balaban J connectivity index is 1.63. The molecule has 2 aromatic carbocycles. The van der Waals surface area contributed by atoms with Gasteiger partial charge in [-0.15, -0.1) is 0 Å². The van der Waals surface area contributed by atoms with E-state index in [1.807, 2.05) is 0 Å². The fraction of sp³-hybridized carbons (Fsp3) is 0.120. The highest BCUT2D eigenvalue weighted by Crippen LogP contribution is 2.43. The zero-order valence-electron chi connectivity index (χ0n) is 19.1. The number of fused-ring (bicyclic) bond motifs is 1. The molecule has 3 N–H and O–H groups in total. The van der Waals surface area contributed by atoms with Gasteiger partial charge >= 0.3 is 0 Å². The highest BCUT2D eigenvalue weighted by atomic mass is 32.2. The van der Waals surface area contributed by atoms with Gasteiger partial charge in [-0.2, -0.15) is 0 Å². The predicted octanol–water partition coefficient (Wildman–Crippen LogP) is 3.77. The Bertz CT molecular complexity index is 1660. The Morgan fingerprint density at radius 2 is 1.81 bits per heavy atom. The highest BCUT2D eigenvalue weighted by molar-refractivity contribution is 7.89. The number of ether oxygens (including phenoxy) is 1. The van der Waals surface area contributed by atoms with Crippen LogP contribution in [-0.2, 0) is 14.8 Å². The molecule has 0 fully saturated rings. The fourth-order valence-corrected chi connectivity index (χ4v) is 4.73. The number of carbonyl (C=O) groups excluding carboxylic acids is 2. The molecule has 0 bridgehead atoms. The number of rotatable bonds is 6. The number of nitrogens with zero attached hydrogens (tertiary/aromatic N) is 1. The van der Waals surface area contributed by atoms with Gasteiger partial charge in [-0.05, 0) is 55.5 Å². The number of benzene rings is 2. The number of sulfonamides is 1. The van der Waals surface area contributed by atoms with Crippen molar-refractivity contribution in [2.75, 3.05) is 12.0 Å². The third-order valence-electron chi connectivity index (χ3n) is 5.88. The SMILES string of the molecule is COc1cccc2cc(C(=O)C3=C(O)C(=O)N(c4ccc(S(N)(=O)=O)cc4)C3c3ccc(C)o3)oc12. The van der Waals surface area contributed by atoms with Crippen molar-refractivity contribution in [3.63, 3.8) is 0 Å². The summed E-state index contributed by atoms with van der Waals surface area (Å²) >= 11 is 0. The van der Waals surface area contributed by atoms with Gasteiger partial charge in [0.2, 0.25) is 15.8 Å². The van der Waals surface area contributed by atoms with Gasteiger partial charge in [0.15, 0.2) is 22.9 Å². The van der Waals surface area contributed by atoms with Crippen LogP contribution in [0, 0.1) is 6.92 Å². The van der Waals surface area contributed by atoms with Crippen molar-refractivity contribution in [1.29, 1.82) is 0 Å². The molecule has 0 spiro atoms. The molecule has 4 aromatic rings. The second-order valence-electron chi connectivity index (χ2n) is 8.15. The number of Topliss-reactive ketones (excluding diaryl/α,β-unsaturated/α-hetero) is 1. The minimum absolute atomic E-state index is 0.108. The zero-order chi connectivity index (χ0) is 25.8. The van der Waals surface area contributed by atoms with E-state index in [4.69, 9.17) is 18.7 Å². The Labute approximate surface area is 205 Å². The van der Waals surface area contributed by atoms with Crippen molar-refractivity contribution < 1.29 is 36.7 Å². The minimum atomic E-state index is -3.97. The normalized spacial score (nSPS) is 16.2. The number of anilines is 1. The van der Waals surface area contributed by atoms with Crippen molar-refractivity contribution in [3.8, 4) is 5.75 Å². The number of hydrogen-bond acceptors (Lipinski definition) is 8. The second kappa shape index (κ2) is 8.40. The van der Waals surface area contributed by atoms with Crippen LogP contribution in [0.15, 0.2) is 85.7 Å². The Hall–Kier alpha value is -4.35. The number of aliphatic hydroxyl groups is 1. The Morgan fingerprint density at radius 3 is 2.42 bits per heavy atom. The van der Waals surface area contributed by atoms with Crippen LogP contribution in [0.3, 0.4) is 0 Å². The van der Waals surface area contributed by atoms with Gasteiger partial charge in [0.05, 0.1) is 17.6 Å². The summed E-state index contributed by atoms with van der Waals surface area (Å²) in [6.07, 6.45) is 0. The first-order chi connectivity index (χ1) is 17.1. The van der Waals surface area contributed by atoms with Crippen molar-refractivity contribution in [1.82, 2.24) is 0 Å². The molecule has 0 radical (unpaired) electrons. The van der Waals surface area contributed by atoms with Crippen LogP contribution in [0.25, 0.3) is 11.0 Å². The first kappa shape index (κ1) is 23.4. The van der Waals surface area contributed by atoms with Crippen molar-refractivity contribution in [2.24, 2.45) is 5.14 Å². The standard InChI is InChI=1S/C25H20N2O8S/c1-13-6-11-17(34-13)21-20(22(28)19-12-14-4-3-5-18(33-2)24(14)35-19)23(29)25(30)27(21)15-7-9-16(10-8-15)36(26,31)32/h3-12,21,29H,1-2H3,(H2,26,31,32). The fourth-order valence-electron chi connectivity index (χ4n) is 4.21. The number of nitrogens with two attached hydrogens (primary N) is 1. The van der Waals surface area contributed by atoms with Gasteiger partial charge in [-0.1, -0.05) is 12.1 Å². The van der Waals surface area contributed by atoms with Crippen molar-refractivity contribution in [2.45, 2.75) is 17.9 Å². The van der Waals surface area contributed by atoms with E-state index < -0.39 is 33.5 Å². The number of hydrogen-bond donors (Lipinski definition) is 2. The molecule has 1 unspecified atom stereocenters. The van der Waals surface area contributed by atoms with Crippen LogP contribution < -0.4 is 14.8 Å². The number of primary sulfonamides is 1. The summed E-state index contributed by atoms with van der Waals surface area (Å²) in [4.78, 5) is 27.9. The molecular weight excluding hydrogens is 488 g/mol. The molecule has 1 atom stereocenters. The minimum Gasteiger partial charge on any atom is -0.503 e. The molecule has 1 amide bonds. The zero-order valence-corrected chi connectivity index (χ0v) is 19.9. The molecular formula is C25H20N2O8S. The van der Waals surface area contributed by atoms with Gasteiger partial charge in [0.1, 0.15) is 17.6 Å². The van der Waals surface area contributed by atoms with Crippen LogP contribution >= 0.6 is 0 Å². The van der Waals surface area contributed by atoms with Crippen LogP contribution in [-0.4, -0.2) is 32.3 Å². The van der Waals surface area contributed by atoms with Gasteiger partial charge in [0.25, 0.3) is 5.91 Å². The molecule has 0 aliphatic carbocycles. The smallest absolute Gasteiger partial charge is 0.294 e. The number of methoxy groups -OCH3 is 1. The molecule has 3 heterocycles. The maximum absolute atomic E-state index is 13.7. The summed E-state index contributed by atoms with van der Waals surface area (Å²) in [5, 5.41) is 16.6. The first-order valence-electron chi connectivity index (χ1n) is 10.7. The van der Waals surface area contributed by atoms with Crippen LogP contribution in [0.5, 0.6) is 5.75 Å². The van der Waals surface area contributed by atoms with E-state index in [9.17, 15) is 23.1 Å². The molecule has 0 saturated heterocycles. The summed E-state index contributed by atoms with van der Waals surface area (Å²) in [6.45, 7) is 1.70. The van der Waals surface area contributed by atoms with Crippen molar-refractivity contribution in [3.05, 3.63) is 89.3 Å². The quantitative estimate of drug-likeness (QED) is 0.373. The molecule has 36 heavy (non-hydrogen) atoms. The maximum atomic E-state index is 13.7. The molecule has 184 valence electrons. The molecule has 5 rings (SSSR count). The molecule has 10 nitrogen and oxygen atoms in total. The highest BCUT2D eigenvalue weighted by Gasteiger charge is 2.47. The van der Waals surface area contributed by atoms with E-state index in [0.717, 1.165) is 4.90 Å². The molecule has 1 aliphatic rings. The predicted molar refractivity (Wildman–Crippen MR) is 128 cm³/mol. The van der Waals surface area contributed by atoms with Gasteiger partial charge < -0.3 is 18.7 Å². The average Bonchev–Trinajstić information content (AvgIpc) is 3.54. The van der Waals surface area contributed by atoms with Gasteiger partial charge in [-0.25, -0.2) is 13.6 Å². The summed E-state index contributed by atoms with van der Waals surface area (Å²) < 4.78 is 40.1. The summed E-state index contributed by atoms with van der Waals surface area (Å²) in [5.41, 5.74) is 0.309. The monoisotopic (exact) mass is 508 g/mol. The second-order valence-corrected chi connectivity index (χ2v) is 9.71. The summed E-state index contributed by atoms with van der Waals surface area (Å²) in [7, 11) is -2.50. The Kier molecular flexibility index (Phi) is 5.46. The number of carbonyl (C=O) groups is 2. The summed E-state index contributed by atoms with van der Waals surface area (Å²) in [5.74, 6) is -1.31. The lowest BCUT2D eigenvalue weighted by molar-refractivity contribution is -0.117. The van der Waals surface area contributed by atoms with E-state index in [1.165, 1.54) is 37.4 Å². The number of para-hydroxylation sites is 1. The third kappa shape index (κ3) is 3.74. The van der Waals surface area contributed by atoms with Crippen molar-refractivity contribution >= 4 is 38.4 Å². The number of aliphatic hydroxyl groups excluding tert-OH is 1. The third-order valence-corrected chi connectivity index (χ3v) is 6.81. The van der Waals surface area contributed by atoms with Crippen LogP contribution in [0.2, 0.25) is 0 Å². The van der Waals surface area contributed by atoms with Gasteiger partial charge in [-0.3, -0.25) is 14.5 Å². The number of ketones is 1. The lowest BCUT2D eigenvalue weighted by Crippen LogP contribution is -2.30. The van der Waals surface area contributed by atoms with E-state index in [2.05, 4.69) is 0 Å². The van der Waals surface area contributed by atoms with Gasteiger partial charge in [0, 0.05) is 11.1 Å². The molecule has 2 aromatic heterocycles. The molecule has 0 saturated carbocycles. The van der Waals surface area contributed by atoms with E-state index in [-0.39, 0.29) is 27.7 Å². The largest absolute Gasteiger partial charge is 0.503 e. The molecule has 11 heteroatoms. The first-order valence-corrected chi connectivity index (χ1v) is 12.2.